The van der Waals surface area contributed by atoms with Crippen molar-refractivity contribution in [1.29, 1.82) is 0 Å². The van der Waals surface area contributed by atoms with Crippen molar-refractivity contribution in [3.8, 4) is 17.0 Å². The summed E-state index contributed by atoms with van der Waals surface area (Å²) in [5.41, 5.74) is 1.39. The largest absolute Gasteiger partial charge is 0.496 e. The molecular weight excluding hydrogens is 378 g/mol. The van der Waals surface area contributed by atoms with E-state index in [1.807, 2.05) is 0 Å². The lowest BCUT2D eigenvalue weighted by molar-refractivity contribution is -0.384. The number of carbonyl (C=O) groups is 1. The van der Waals surface area contributed by atoms with Gasteiger partial charge in [0, 0.05) is 28.1 Å². The number of carbonyl (C=O) groups excluding carboxylic acids is 1. The molecule has 0 fully saturated rings. The Morgan fingerprint density at radius 3 is 2.85 bits per heavy atom. The maximum atomic E-state index is 12.5. The first-order valence-corrected chi connectivity index (χ1v) is 8.59. The highest BCUT2D eigenvalue weighted by atomic mass is 35.5. The number of thiazole rings is 1. The van der Waals surface area contributed by atoms with Crippen LogP contribution in [0.3, 0.4) is 0 Å². The first kappa shape index (κ1) is 17.8. The summed E-state index contributed by atoms with van der Waals surface area (Å²) in [7, 11) is 1.46. The molecule has 1 amide bonds. The summed E-state index contributed by atoms with van der Waals surface area (Å²) in [6, 6.07) is 10.9. The number of hydrogen-bond acceptors (Lipinski definition) is 6. The number of hydrogen-bond donors (Lipinski definition) is 1. The van der Waals surface area contributed by atoms with E-state index >= 15 is 0 Å². The minimum absolute atomic E-state index is 0.0234. The SMILES string of the molecule is COc1ccc(Cl)cc1C(=O)Nc1nc(-c2cccc([N+](=O)[O-])c2)cs1. The molecule has 7 nitrogen and oxygen atoms in total. The van der Waals surface area contributed by atoms with Gasteiger partial charge in [0.05, 0.1) is 23.3 Å². The molecular formula is C17H12ClN3O4S. The highest BCUT2D eigenvalue weighted by molar-refractivity contribution is 7.14. The molecule has 0 saturated heterocycles. The highest BCUT2D eigenvalue weighted by Gasteiger charge is 2.16. The van der Waals surface area contributed by atoms with E-state index in [0.29, 0.717) is 27.2 Å². The molecule has 132 valence electrons. The highest BCUT2D eigenvalue weighted by Crippen LogP contribution is 2.29. The number of nitrogens with one attached hydrogen (secondary N) is 1. The number of benzene rings is 2. The fourth-order valence-electron chi connectivity index (χ4n) is 2.26. The zero-order chi connectivity index (χ0) is 18.7. The van der Waals surface area contributed by atoms with Crippen molar-refractivity contribution in [2.75, 3.05) is 12.4 Å². The first-order valence-electron chi connectivity index (χ1n) is 7.33. The smallest absolute Gasteiger partial charge is 0.270 e. The molecule has 9 heteroatoms. The lowest BCUT2D eigenvalue weighted by Gasteiger charge is -2.08. The molecule has 2 aromatic carbocycles. The van der Waals surface area contributed by atoms with E-state index in [1.54, 1.807) is 29.6 Å². The van der Waals surface area contributed by atoms with E-state index in [9.17, 15) is 14.9 Å². The Kier molecular flexibility index (Phi) is 5.15. The number of halogens is 1. The fraction of sp³-hybridized carbons (Fsp3) is 0.0588. The van der Waals surface area contributed by atoms with Gasteiger partial charge in [0.2, 0.25) is 0 Å². The molecule has 0 bridgehead atoms. The molecule has 1 heterocycles. The van der Waals surface area contributed by atoms with Gasteiger partial charge in [-0.15, -0.1) is 11.3 Å². The predicted molar refractivity (Wildman–Crippen MR) is 100 cm³/mol. The molecule has 0 spiro atoms. The van der Waals surface area contributed by atoms with Crippen molar-refractivity contribution >= 4 is 39.7 Å². The van der Waals surface area contributed by atoms with Gasteiger partial charge >= 0.3 is 0 Å². The van der Waals surface area contributed by atoms with Crippen LogP contribution in [0.4, 0.5) is 10.8 Å². The third kappa shape index (κ3) is 3.81. The summed E-state index contributed by atoms with van der Waals surface area (Å²) in [6.07, 6.45) is 0. The molecule has 0 aliphatic rings. The standard InChI is InChI=1S/C17H12ClN3O4S/c1-25-15-6-5-11(18)8-13(15)16(22)20-17-19-14(9-26-17)10-3-2-4-12(7-10)21(23)24/h2-9H,1H3,(H,19,20,22). The van der Waals surface area contributed by atoms with E-state index < -0.39 is 10.8 Å². The Bertz CT molecular complexity index is 990. The fourth-order valence-corrected chi connectivity index (χ4v) is 3.15. The third-order valence-corrected chi connectivity index (χ3v) is 4.48. The van der Waals surface area contributed by atoms with Gasteiger partial charge in [-0.1, -0.05) is 23.7 Å². The number of rotatable bonds is 5. The van der Waals surface area contributed by atoms with Gasteiger partial charge in [-0.2, -0.15) is 0 Å². The molecule has 26 heavy (non-hydrogen) atoms. The lowest BCUT2D eigenvalue weighted by atomic mass is 10.1. The zero-order valence-electron chi connectivity index (χ0n) is 13.4. The number of amides is 1. The predicted octanol–water partition coefficient (Wildman–Crippen LogP) is 4.63. The van der Waals surface area contributed by atoms with Gasteiger partial charge in [-0.05, 0) is 18.2 Å². The van der Waals surface area contributed by atoms with E-state index in [-0.39, 0.29) is 11.3 Å². The van der Waals surface area contributed by atoms with Gasteiger partial charge in [-0.25, -0.2) is 4.98 Å². The molecule has 1 N–H and O–H groups in total. The number of ether oxygens (including phenoxy) is 1. The number of nitrogens with zero attached hydrogens (tertiary/aromatic N) is 2. The molecule has 0 atom stereocenters. The second-order valence-electron chi connectivity index (χ2n) is 5.14. The Labute approximate surface area is 157 Å². The summed E-state index contributed by atoms with van der Waals surface area (Å²) >= 11 is 7.15. The topological polar surface area (TPSA) is 94.4 Å². The quantitative estimate of drug-likeness (QED) is 0.507. The molecule has 0 aliphatic carbocycles. The summed E-state index contributed by atoms with van der Waals surface area (Å²) < 4.78 is 5.17. The van der Waals surface area contributed by atoms with Gasteiger partial charge in [0.25, 0.3) is 11.6 Å². The maximum Gasteiger partial charge on any atom is 0.270 e. The van der Waals surface area contributed by atoms with Crippen LogP contribution in [-0.4, -0.2) is 22.9 Å². The molecule has 0 radical (unpaired) electrons. The van der Waals surface area contributed by atoms with Crippen LogP contribution in [0.25, 0.3) is 11.3 Å². The molecule has 3 aromatic rings. The second-order valence-corrected chi connectivity index (χ2v) is 6.44. The third-order valence-electron chi connectivity index (χ3n) is 3.48. The van der Waals surface area contributed by atoms with Crippen molar-refractivity contribution in [2.45, 2.75) is 0 Å². The normalized spacial score (nSPS) is 10.4. The summed E-state index contributed by atoms with van der Waals surface area (Å²) in [5.74, 6) is -0.0216. The lowest BCUT2D eigenvalue weighted by Crippen LogP contribution is -2.13. The Morgan fingerprint density at radius 1 is 1.31 bits per heavy atom. The molecule has 1 aromatic heterocycles. The summed E-state index contributed by atoms with van der Waals surface area (Å²) in [6.45, 7) is 0. The van der Waals surface area contributed by atoms with Crippen LogP contribution in [0, 0.1) is 10.1 Å². The van der Waals surface area contributed by atoms with Crippen LogP contribution in [0.1, 0.15) is 10.4 Å². The van der Waals surface area contributed by atoms with E-state index in [1.165, 1.54) is 36.6 Å². The number of non-ortho nitro benzene ring substituents is 1. The molecule has 0 unspecified atom stereocenters. The van der Waals surface area contributed by atoms with Crippen LogP contribution in [0.2, 0.25) is 5.02 Å². The van der Waals surface area contributed by atoms with Gasteiger partial charge in [0.1, 0.15) is 5.75 Å². The molecule has 0 aliphatic heterocycles. The Morgan fingerprint density at radius 2 is 2.12 bits per heavy atom. The Balaban J connectivity index is 1.83. The average molecular weight is 390 g/mol. The minimum Gasteiger partial charge on any atom is -0.496 e. The van der Waals surface area contributed by atoms with E-state index in [4.69, 9.17) is 16.3 Å². The van der Waals surface area contributed by atoms with Crippen molar-refractivity contribution in [1.82, 2.24) is 4.98 Å². The first-order chi connectivity index (χ1) is 12.5. The van der Waals surface area contributed by atoms with Crippen molar-refractivity contribution < 1.29 is 14.5 Å². The van der Waals surface area contributed by atoms with Gasteiger partial charge in [-0.3, -0.25) is 20.2 Å². The Hall–Kier alpha value is -2.97. The van der Waals surface area contributed by atoms with Gasteiger partial charge in [0.15, 0.2) is 5.13 Å². The van der Waals surface area contributed by atoms with Crippen LogP contribution in [0.15, 0.2) is 47.8 Å². The molecule has 3 rings (SSSR count). The van der Waals surface area contributed by atoms with E-state index in [0.717, 1.165) is 0 Å². The second kappa shape index (κ2) is 7.51. The maximum absolute atomic E-state index is 12.5. The summed E-state index contributed by atoms with van der Waals surface area (Å²) in [4.78, 5) is 27.2. The number of methoxy groups -OCH3 is 1. The minimum atomic E-state index is -0.468. The van der Waals surface area contributed by atoms with Crippen LogP contribution < -0.4 is 10.1 Å². The monoisotopic (exact) mass is 389 g/mol. The average Bonchev–Trinajstić information content (AvgIpc) is 3.10. The molecule has 0 saturated carbocycles. The number of aromatic nitrogens is 1. The number of nitro groups is 1. The van der Waals surface area contributed by atoms with Gasteiger partial charge < -0.3 is 4.74 Å². The van der Waals surface area contributed by atoms with E-state index in [2.05, 4.69) is 10.3 Å². The van der Waals surface area contributed by atoms with Crippen LogP contribution >= 0.6 is 22.9 Å². The number of nitro benzene ring substituents is 1. The zero-order valence-corrected chi connectivity index (χ0v) is 15.0. The summed E-state index contributed by atoms with van der Waals surface area (Å²) in [5, 5.41) is 16.1. The van der Waals surface area contributed by atoms with Crippen molar-refractivity contribution in [2.24, 2.45) is 0 Å². The van der Waals surface area contributed by atoms with Crippen molar-refractivity contribution in [3.63, 3.8) is 0 Å². The van der Waals surface area contributed by atoms with Crippen LogP contribution in [0.5, 0.6) is 5.75 Å². The number of anilines is 1. The van der Waals surface area contributed by atoms with Crippen molar-refractivity contribution in [3.05, 3.63) is 68.5 Å². The van der Waals surface area contributed by atoms with Crippen LogP contribution in [-0.2, 0) is 0 Å².